The van der Waals surface area contributed by atoms with Crippen LogP contribution in [0.2, 0.25) is 0 Å². The molecule has 14 heavy (non-hydrogen) atoms. The van der Waals surface area contributed by atoms with Gasteiger partial charge in [0.15, 0.2) is 0 Å². The molecule has 0 unspecified atom stereocenters. The van der Waals surface area contributed by atoms with Crippen LogP contribution in [0.25, 0.3) is 0 Å². The highest BCUT2D eigenvalue weighted by molar-refractivity contribution is 9.11. The fraction of sp³-hybridized carbons (Fsp3) is 0.333. The molecule has 1 saturated heterocycles. The van der Waals surface area contributed by atoms with E-state index in [9.17, 15) is 5.11 Å². The molecular weight excluding hydrogens is 378 g/mol. The minimum atomic E-state index is 0.261. The minimum absolute atomic E-state index is 0.261. The van der Waals surface area contributed by atoms with E-state index in [4.69, 9.17) is 0 Å². The second-order valence-electron chi connectivity index (χ2n) is 3.21. The van der Waals surface area contributed by atoms with Crippen molar-refractivity contribution in [1.82, 2.24) is 5.32 Å². The second kappa shape index (κ2) is 4.12. The maximum atomic E-state index is 9.74. The van der Waals surface area contributed by atoms with Crippen molar-refractivity contribution in [3.8, 4) is 5.75 Å². The van der Waals surface area contributed by atoms with E-state index in [-0.39, 0.29) is 5.75 Å². The number of phenolic OH excluding ortho intramolecular Hbond substituents is 1. The molecule has 2 nitrogen and oxygen atoms in total. The molecule has 1 aromatic rings. The quantitative estimate of drug-likeness (QED) is 0.772. The zero-order valence-corrected chi connectivity index (χ0v) is 11.9. The molecule has 5 heteroatoms. The first-order valence-corrected chi connectivity index (χ1v) is 6.59. The molecule has 0 bridgehead atoms. The first-order valence-electron chi connectivity index (χ1n) is 4.21. The van der Waals surface area contributed by atoms with E-state index in [0.29, 0.717) is 10.5 Å². The van der Waals surface area contributed by atoms with Crippen LogP contribution in [0.15, 0.2) is 19.5 Å². The van der Waals surface area contributed by atoms with Gasteiger partial charge in [0.2, 0.25) is 0 Å². The topological polar surface area (TPSA) is 32.3 Å². The van der Waals surface area contributed by atoms with Gasteiger partial charge in [-0.25, -0.2) is 0 Å². The van der Waals surface area contributed by atoms with Gasteiger partial charge in [0.25, 0.3) is 0 Å². The maximum Gasteiger partial charge on any atom is 0.144 e. The lowest BCUT2D eigenvalue weighted by atomic mass is 9.98. The minimum Gasteiger partial charge on any atom is -0.506 e. The lowest BCUT2D eigenvalue weighted by Gasteiger charge is -2.30. The van der Waals surface area contributed by atoms with E-state index < -0.39 is 0 Å². The summed E-state index contributed by atoms with van der Waals surface area (Å²) in [6.45, 7) is 1.04. The molecule has 0 aliphatic carbocycles. The van der Waals surface area contributed by atoms with Gasteiger partial charge in [0, 0.05) is 16.1 Å². The maximum absolute atomic E-state index is 9.74. The molecule has 1 atom stereocenters. The Bertz CT molecular complexity index is 377. The van der Waals surface area contributed by atoms with Crippen LogP contribution in [0.4, 0.5) is 0 Å². The van der Waals surface area contributed by atoms with Crippen molar-refractivity contribution in [2.75, 3.05) is 6.54 Å². The molecule has 0 spiro atoms. The highest BCUT2D eigenvalue weighted by Crippen LogP contribution is 2.43. The molecule has 1 aromatic carbocycles. The smallest absolute Gasteiger partial charge is 0.144 e. The SMILES string of the molecule is Oc1c(Br)cc(Br)c([C@H]2CCN2)c1Br. The third kappa shape index (κ3) is 1.75. The highest BCUT2D eigenvalue weighted by Gasteiger charge is 2.25. The van der Waals surface area contributed by atoms with Crippen LogP contribution in [0.5, 0.6) is 5.75 Å². The average Bonchev–Trinajstić information content (AvgIpc) is 2.05. The average molecular weight is 386 g/mol. The normalized spacial score (nSPS) is 20.6. The zero-order chi connectivity index (χ0) is 10.3. The summed E-state index contributed by atoms with van der Waals surface area (Å²) >= 11 is 10.2. The number of hydrogen-bond acceptors (Lipinski definition) is 2. The fourth-order valence-electron chi connectivity index (χ4n) is 1.45. The largest absolute Gasteiger partial charge is 0.506 e. The Morgan fingerprint density at radius 3 is 2.43 bits per heavy atom. The van der Waals surface area contributed by atoms with E-state index in [1.807, 2.05) is 6.07 Å². The summed E-state index contributed by atoms with van der Waals surface area (Å²) in [6.07, 6.45) is 1.11. The monoisotopic (exact) mass is 383 g/mol. The summed E-state index contributed by atoms with van der Waals surface area (Å²) in [5, 5.41) is 13.0. The van der Waals surface area contributed by atoms with E-state index in [1.165, 1.54) is 0 Å². The molecule has 0 aromatic heterocycles. The molecular formula is C9H8Br3NO. The highest BCUT2D eigenvalue weighted by atomic mass is 79.9. The summed E-state index contributed by atoms with van der Waals surface area (Å²) < 4.78 is 2.46. The van der Waals surface area contributed by atoms with Crippen molar-refractivity contribution >= 4 is 47.8 Å². The van der Waals surface area contributed by atoms with Gasteiger partial charge in [-0.1, -0.05) is 15.9 Å². The van der Waals surface area contributed by atoms with E-state index in [2.05, 4.69) is 53.1 Å². The van der Waals surface area contributed by atoms with Crippen LogP contribution in [-0.4, -0.2) is 11.7 Å². The van der Waals surface area contributed by atoms with Gasteiger partial charge in [-0.2, -0.15) is 0 Å². The number of rotatable bonds is 1. The molecule has 1 heterocycles. The Balaban J connectivity index is 2.52. The Hall–Kier alpha value is 0.420. The number of benzene rings is 1. The molecule has 0 amide bonds. The Labute approximate surface area is 107 Å². The molecule has 1 aliphatic heterocycles. The zero-order valence-electron chi connectivity index (χ0n) is 7.15. The summed E-state index contributed by atoms with van der Waals surface area (Å²) in [6, 6.07) is 2.22. The number of phenols is 1. The van der Waals surface area contributed by atoms with Crippen LogP contribution >= 0.6 is 47.8 Å². The molecule has 0 saturated carbocycles. The molecule has 2 N–H and O–H groups in total. The van der Waals surface area contributed by atoms with Crippen LogP contribution in [0.1, 0.15) is 18.0 Å². The van der Waals surface area contributed by atoms with Gasteiger partial charge in [-0.05, 0) is 50.9 Å². The van der Waals surface area contributed by atoms with Crippen molar-refractivity contribution in [2.45, 2.75) is 12.5 Å². The Morgan fingerprint density at radius 2 is 1.93 bits per heavy atom. The second-order valence-corrected chi connectivity index (χ2v) is 5.71. The molecule has 2 rings (SSSR count). The van der Waals surface area contributed by atoms with Crippen LogP contribution < -0.4 is 5.32 Å². The summed E-state index contributed by atoms with van der Waals surface area (Å²) in [7, 11) is 0. The summed E-state index contributed by atoms with van der Waals surface area (Å²) in [5.74, 6) is 0.261. The van der Waals surface area contributed by atoms with Crippen LogP contribution in [-0.2, 0) is 0 Å². The van der Waals surface area contributed by atoms with Gasteiger partial charge >= 0.3 is 0 Å². The number of aromatic hydroxyl groups is 1. The van der Waals surface area contributed by atoms with Gasteiger partial charge < -0.3 is 10.4 Å². The predicted molar refractivity (Wildman–Crippen MR) is 66.6 cm³/mol. The van der Waals surface area contributed by atoms with Gasteiger partial charge in [-0.3, -0.25) is 0 Å². The standard InChI is InChI=1S/C9H8Br3NO/c10-4-3-5(11)9(14)8(12)7(4)6-1-2-13-6/h3,6,13-14H,1-2H2/t6-/m1/s1. The third-order valence-corrected chi connectivity index (χ3v) is 4.42. The summed E-state index contributed by atoms with van der Waals surface area (Å²) in [4.78, 5) is 0. The lowest BCUT2D eigenvalue weighted by Crippen LogP contribution is -2.35. The number of hydrogen-bond donors (Lipinski definition) is 2. The van der Waals surface area contributed by atoms with E-state index in [0.717, 1.165) is 27.5 Å². The van der Waals surface area contributed by atoms with E-state index in [1.54, 1.807) is 0 Å². The van der Waals surface area contributed by atoms with Gasteiger partial charge in [-0.15, -0.1) is 0 Å². The fourth-order valence-corrected chi connectivity index (χ4v) is 4.12. The van der Waals surface area contributed by atoms with Gasteiger partial charge in [0.05, 0.1) is 8.95 Å². The van der Waals surface area contributed by atoms with Crippen molar-refractivity contribution in [3.05, 3.63) is 25.0 Å². The Kier molecular flexibility index (Phi) is 3.21. The number of halogens is 3. The van der Waals surface area contributed by atoms with Crippen molar-refractivity contribution < 1.29 is 5.11 Å². The lowest BCUT2D eigenvalue weighted by molar-refractivity contribution is 0.377. The van der Waals surface area contributed by atoms with Crippen LogP contribution in [0.3, 0.4) is 0 Å². The Morgan fingerprint density at radius 1 is 1.29 bits per heavy atom. The molecule has 1 fully saturated rings. The predicted octanol–water partition coefficient (Wildman–Crippen LogP) is 3.71. The van der Waals surface area contributed by atoms with Gasteiger partial charge in [0.1, 0.15) is 5.75 Å². The first-order chi connectivity index (χ1) is 6.61. The molecule has 76 valence electrons. The summed E-state index contributed by atoms with van der Waals surface area (Å²) in [5.41, 5.74) is 1.09. The van der Waals surface area contributed by atoms with E-state index >= 15 is 0 Å². The number of nitrogens with one attached hydrogen (secondary N) is 1. The molecule has 0 radical (unpaired) electrons. The molecule has 1 aliphatic rings. The van der Waals surface area contributed by atoms with Crippen molar-refractivity contribution in [2.24, 2.45) is 0 Å². The first kappa shape index (κ1) is 10.9. The van der Waals surface area contributed by atoms with Crippen molar-refractivity contribution in [3.63, 3.8) is 0 Å². The third-order valence-electron chi connectivity index (χ3n) is 2.35. The van der Waals surface area contributed by atoms with Crippen LogP contribution in [0, 0.1) is 0 Å². The van der Waals surface area contributed by atoms with Crippen molar-refractivity contribution in [1.29, 1.82) is 0 Å².